The van der Waals surface area contributed by atoms with Gasteiger partial charge in [0.1, 0.15) is 0 Å². The van der Waals surface area contributed by atoms with E-state index in [0.717, 1.165) is 31.4 Å². The van der Waals surface area contributed by atoms with E-state index >= 15 is 0 Å². The molecule has 0 amide bonds. The van der Waals surface area contributed by atoms with Crippen LogP contribution in [0.1, 0.15) is 60.9 Å². The van der Waals surface area contributed by atoms with Gasteiger partial charge in [-0.2, -0.15) is 0 Å². The lowest BCUT2D eigenvalue weighted by Gasteiger charge is -2.30. The Balaban J connectivity index is 1.43. The normalized spacial score (nSPS) is 22.1. The van der Waals surface area contributed by atoms with Gasteiger partial charge in [-0.15, -0.1) is 10.2 Å². The number of piperidine rings is 1. The van der Waals surface area contributed by atoms with E-state index in [1.807, 2.05) is 42.5 Å². The third-order valence-electron chi connectivity index (χ3n) is 8.52. The molecule has 10 heteroatoms. The zero-order valence-corrected chi connectivity index (χ0v) is 25.1. The number of nitrogens with one attached hydrogen (secondary N) is 2. The average molecular weight is 587 g/mol. The van der Waals surface area contributed by atoms with E-state index in [2.05, 4.69) is 52.0 Å². The Morgan fingerprint density at radius 1 is 1.07 bits per heavy atom. The first-order valence-electron chi connectivity index (χ1n) is 14.7. The van der Waals surface area contributed by atoms with Crippen molar-refractivity contribution in [3.8, 4) is 11.5 Å². The summed E-state index contributed by atoms with van der Waals surface area (Å²) in [4.78, 5) is 4.87. The summed E-state index contributed by atoms with van der Waals surface area (Å²) in [7, 11) is -2.06. The Morgan fingerprint density at radius 3 is 2.48 bits per heavy atom. The molecule has 220 valence electrons. The maximum Gasteiger partial charge on any atom is 0.250 e. The van der Waals surface area contributed by atoms with Crippen LogP contribution < -0.4 is 14.9 Å². The summed E-state index contributed by atoms with van der Waals surface area (Å²) in [6.45, 7) is 3.81. The van der Waals surface area contributed by atoms with E-state index in [0.29, 0.717) is 59.3 Å². The van der Waals surface area contributed by atoms with Gasteiger partial charge in [-0.05, 0) is 54.8 Å². The second-order valence-electron chi connectivity index (χ2n) is 11.6. The van der Waals surface area contributed by atoms with Gasteiger partial charge >= 0.3 is 0 Å². The number of anilines is 2. The van der Waals surface area contributed by atoms with Gasteiger partial charge in [0.05, 0.1) is 23.5 Å². The molecule has 1 saturated carbocycles. The van der Waals surface area contributed by atoms with E-state index in [1.54, 1.807) is 0 Å². The van der Waals surface area contributed by atoms with Gasteiger partial charge in [0.15, 0.2) is 5.82 Å². The van der Waals surface area contributed by atoms with Crippen molar-refractivity contribution in [1.82, 2.24) is 20.5 Å². The quantitative estimate of drug-likeness (QED) is 0.254. The zero-order valence-electron chi connectivity index (χ0n) is 24.3. The van der Waals surface area contributed by atoms with Crippen LogP contribution in [0.4, 0.5) is 11.5 Å². The van der Waals surface area contributed by atoms with Crippen LogP contribution in [0.2, 0.25) is 0 Å². The minimum Gasteiger partial charge on any atom is -0.419 e. The second kappa shape index (κ2) is 11.9. The molecular weight excluding hydrogens is 548 g/mol. The number of aromatic nitrogens is 3. The summed E-state index contributed by atoms with van der Waals surface area (Å²) < 4.78 is 33.2. The third-order valence-corrected chi connectivity index (χ3v) is 9.69. The summed E-state index contributed by atoms with van der Waals surface area (Å²) in [5.74, 6) is 2.56. The van der Waals surface area contributed by atoms with Crippen molar-refractivity contribution in [3.63, 3.8) is 0 Å². The van der Waals surface area contributed by atoms with Gasteiger partial charge in [-0.1, -0.05) is 67.6 Å². The van der Waals surface area contributed by atoms with Crippen LogP contribution in [0.15, 0.2) is 71.1 Å². The molecule has 2 fully saturated rings. The monoisotopic (exact) mass is 586 g/mol. The van der Waals surface area contributed by atoms with Crippen molar-refractivity contribution in [2.24, 2.45) is 11.8 Å². The molecule has 9 nitrogen and oxygen atoms in total. The molecule has 42 heavy (non-hydrogen) atoms. The van der Waals surface area contributed by atoms with E-state index in [-0.39, 0.29) is 12.0 Å². The molecule has 2 aromatic carbocycles. The molecule has 6 rings (SSSR count). The van der Waals surface area contributed by atoms with Crippen molar-refractivity contribution in [2.75, 3.05) is 36.0 Å². The van der Waals surface area contributed by atoms with Crippen LogP contribution in [0.25, 0.3) is 11.5 Å². The topological polar surface area (TPSA) is 113 Å². The Labute approximate surface area is 247 Å². The fraction of sp³-hybridized carbons (Fsp3) is 0.406. The first-order valence-corrected chi connectivity index (χ1v) is 16.5. The first kappa shape index (κ1) is 28.4. The van der Waals surface area contributed by atoms with Crippen molar-refractivity contribution in [2.45, 2.75) is 44.6 Å². The molecule has 2 N–H and O–H groups in total. The number of sulfonamides is 1. The summed E-state index contributed by atoms with van der Waals surface area (Å²) >= 11 is 0. The van der Waals surface area contributed by atoms with Crippen LogP contribution in [0.5, 0.6) is 0 Å². The standard InChI is InChI=1S/C32H38N6O3S/c1-21-17-24(21)20-34-28-27(19-25(18-22-11-6-4-7-12-22)35-30(28)38(2)42(3,39)40)31-36-37-32(41-31)29-26(15-10-16-33-29)23-13-8-5-9-14-23/h4-9,11-14,19,21,24,26,29,33-34H,10,15-18,20H2,1-3H3/t21-,24+,26-,29-/m0/s1. The molecule has 0 bridgehead atoms. The highest BCUT2D eigenvalue weighted by atomic mass is 32.2. The molecule has 0 spiro atoms. The van der Waals surface area contributed by atoms with Gasteiger partial charge in [0.2, 0.25) is 21.8 Å². The van der Waals surface area contributed by atoms with Crippen LogP contribution >= 0.6 is 0 Å². The zero-order chi connectivity index (χ0) is 29.3. The number of pyridine rings is 1. The van der Waals surface area contributed by atoms with Crippen LogP contribution in [0.3, 0.4) is 0 Å². The van der Waals surface area contributed by atoms with E-state index in [4.69, 9.17) is 9.40 Å². The smallest absolute Gasteiger partial charge is 0.250 e. The lowest BCUT2D eigenvalue weighted by molar-refractivity contribution is 0.303. The predicted molar refractivity (Wildman–Crippen MR) is 165 cm³/mol. The molecule has 4 aromatic rings. The van der Waals surface area contributed by atoms with Gasteiger partial charge in [0, 0.05) is 31.6 Å². The van der Waals surface area contributed by atoms with Crippen LogP contribution in [-0.4, -0.2) is 50.0 Å². The molecule has 0 unspecified atom stereocenters. The van der Waals surface area contributed by atoms with Crippen molar-refractivity contribution in [3.05, 3.63) is 89.4 Å². The number of rotatable bonds is 10. The summed E-state index contributed by atoms with van der Waals surface area (Å²) in [6.07, 6.45) is 4.94. The lowest BCUT2D eigenvalue weighted by atomic mass is 9.85. The van der Waals surface area contributed by atoms with Crippen molar-refractivity contribution in [1.29, 1.82) is 0 Å². The van der Waals surface area contributed by atoms with Crippen molar-refractivity contribution >= 4 is 21.5 Å². The maximum atomic E-state index is 12.8. The summed E-state index contributed by atoms with van der Waals surface area (Å²) in [6, 6.07) is 22.3. The van der Waals surface area contributed by atoms with E-state index in [9.17, 15) is 8.42 Å². The van der Waals surface area contributed by atoms with Crippen molar-refractivity contribution < 1.29 is 12.8 Å². The molecule has 4 atom stereocenters. The highest BCUT2D eigenvalue weighted by molar-refractivity contribution is 7.92. The minimum atomic E-state index is -3.60. The Morgan fingerprint density at radius 2 is 1.79 bits per heavy atom. The number of nitrogens with zero attached hydrogens (tertiary/aromatic N) is 4. The Bertz CT molecular complexity index is 1630. The third kappa shape index (κ3) is 6.19. The minimum absolute atomic E-state index is 0.116. The molecule has 0 radical (unpaired) electrons. The second-order valence-corrected chi connectivity index (χ2v) is 13.7. The molecule has 2 aliphatic rings. The fourth-order valence-electron chi connectivity index (χ4n) is 5.80. The molecule has 1 aliphatic heterocycles. The molecule has 1 saturated heterocycles. The fourth-order valence-corrected chi connectivity index (χ4v) is 6.25. The van der Waals surface area contributed by atoms with E-state index < -0.39 is 10.0 Å². The molecule has 2 aromatic heterocycles. The van der Waals surface area contributed by atoms with Crippen LogP contribution in [0, 0.1) is 11.8 Å². The Hall–Kier alpha value is -3.76. The number of hydrogen-bond donors (Lipinski definition) is 2. The number of benzene rings is 2. The van der Waals surface area contributed by atoms with Crippen LogP contribution in [-0.2, 0) is 16.4 Å². The summed E-state index contributed by atoms with van der Waals surface area (Å²) in [5.41, 5.74) is 4.26. The highest BCUT2D eigenvalue weighted by Gasteiger charge is 2.35. The summed E-state index contributed by atoms with van der Waals surface area (Å²) in [5, 5.41) is 16.2. The first-order chi connectivity index (χ1) is 20.3. The predicted octanol–water partition coefficient (Wildman–Crippen LogP) is 5.39. The van der Waals surface area contributed by atoms with Gasteiger partial charge < -0.3 is 15.1 Å². The number of hydrogen-bond acceptors (Lipinski definition) is 8. The average Bonchev–Trinajstić information content (AvgIpc) is 3.49. The molecule has 3 heterocycles. The SMILES string of the molecule is C[C@H]1C[C@@H]1CNc1c(-c2nnc([C@H]3NCCC[C@H]3c3ccccc3)o2)cc(Cc2ccccc2)nc1N(C)S(C)(=O)=O. The largest absolute Gasteiger partial charge is 0.419 e. The van der Waals surface area contributed by atoms with Gasteiger partial charge in [-0.25, -0.2) is 13.4 Å². The lowest BCUT2D eigenvalue weighted by Crippen LogP contribution is -2.33. The molecule has 1 aliphatic carbocycles. The maximum absolute atomic E-state index is 12.8. The van der Waals surface area contributed by atoms with Gasteiger partial charge in [0.25, 0.3) is 0 Å². The highest BCUT2D eigenvalue weighted by Crippen LogP contribution is 2.42. The Kier molecular flexibility index (Phi) is 8.00. The molecular formula is C32H38N6O3S. The van der Waals surface area contributed by atoms with E-state index in [1.165, 1.54) is 23.2 Å². The van der Waals surface area contributed by atoms with Gasteiger partial charge in [-0.3, -0.25) is 4.31 Å².